The number of aromatic nitrogens is 2. The Kier molecular flexibility index (Phi) is 5.00. The fourth-order valence-corrected chi connectivity index (χ4v) is 2.49. The molecule has 0 radical (unpaired) electrons. The molecule has 2 heterocycles. The van der Waals surface area contributed by atoms with Crippen LogP contribution in [0, 0.1) is 11.6 Å². The van der Waals surface area contributed by atoms with Crippen LogP contribution < -0.4 is 10.3 Å². The molecule has 0 aliphatic carbocycles. The fourth-order valence-electron chi connectivity index (χ4n) is 2.28. The average molecular weight is 350 g/mol. The number of anilines is 2. The Morgan fingerprint density at radius 2 is 2.08 bits per heavy atom. The Hall–Kier alpha value is -2.54. The zero-order valence-corrected chi connectivity index (χ0v) is 13.3. The van der Waals surface area contributed by atoms with Gasteiger partial charge in [0.2, 0.25) is 0 Å². The Morgan fingerprint density at radius 1 is 1.21 bits per heavy atom. The minimum absolute atomic E-state index is 0.159. The Bertz CT molecular complexity index is 794. The summed E-state index contributed by atoms with van der Waals surface area (Å²) in [5.74, 6) is -0.951. The molecule has 1 N–H and O–H groups in total. The Morgan fingerprint density at radius 3 is 2.83 bits per heavy atom. The first kappa shape index (κ1) is 16.3. The van der Waals surface area contributed by atoms with Crippen LogP contribution in [0.1, 0.15) is 12.0 Å². The molecule has 5 nitrogen and oxygen atoms in total. The van der Waals surface area contributed by atoms with Gasteiger partial charge >= 0.3 is 0 Å². The molecular weight excluding hydrogens is 336 g/mol. The summed E-state index contributed by atoms with van der Waals surface area (Å²) in [4.78, 5) is 2.07. The molecule has 8 heteroatoms. The molecule has 1 aromatic carbocycles. The second-order valence-corrected chi connectivity index (χ2v) is 5.51. The molecule has 24 heavy (non-hydrogen) atoms. The quantitative estimate of drug-likeness (QED) is 0.520. The number of benzene rings is 1. The van der Waals surface area contributed by atoms with Crippen LogP contribution in [0.3, 0.4) is 0 Å². The van der Waals surface area contributed by atoms with E-state index >= 15 is 0 Å². The molecule has 1 aliphatic rings. The predicted molar refractivity (Wildman–Crippen MR) is 90.6 cm³/mol. The number of hydrazone groups is 1. The summed E-state index contributed by atoms with van der Waals surface area (Å²) < 4.78 is 26.4. The maximum atomic E-state index is 13.5. The number of rotatable bonds is 4. The first-order valence-electron chi connectivity index (χ1n) is 7.31. The maximum Gasteiger partial charge on any atom is 0.175 e. The Labute approximate surface area is 142 Å². The van der Waals surface area contributed by atoms with E-state index in [4.69, 9.17) is 11.6 Å². The fraction of sp³-hybridized carbons (Fsp3) is 0.188. The minimum atomic E-state index is -0.691. The van der Waals surface area contributed by atoms with Crippen molar-refractivity contribution in [2.45, 2.75) is 6.42 Å². The van der Waals surface area contributed by atoms with Crippen molar-refractivity contribution in [3.8, 4) is 0 Å². The second-order valence-electron chi connectivity index (χ2n) is 5.15. The van der Waals surface area contributed by atoms with Crippen LogP contribution in [-0.4, -0.2) is 29.5 Å². The van der Waals surface area contributed by atoms with Crippen LogP contribution in [-0.2, 0) is 0 Å². The highest BCUT2D eigenvalue weighted by Gasteiger charge is 2.13. The summed E-state index contributed by atoms with van der Waals surface area (Å²) in [6.07, 6.45) is 6.35. The third-order valence-corrected chi connectivity index (χ3v) is 3.74. The second kappa shape index (κ2) is 7.35. The number of nitrogens with zero attached hydrogens (tertiary/aromatic N) is 4. The topological polar surface area (TPSA) is 53.4 Å². The van der Waals surface area contributed by atoms with E-state index in [1.54, 1.807) is 6.07 Å². The lowest BCUT2D eigenvalue weighted by atomic mass is 10.2. The van der Waals surface area contributed by atoms with Crippen LogP contribution in [0.5, 0.6) is 0 Å². The van der Waals surface area contributed by atoms with Crippen molar-refractivity contribution >= 4 is 29.3 Å². The number of halogens is 3. The molecule has 2 aromatic rings. The SMILES string of the molecule is Fc1ccc(C=NNc2cc(N3CC=CCC3)c(Cl)nn2)c(F)c1. The molecular formula is C16H14ClF2N5. The molecule has 0 spiro atoms. The number of hydrogen-bond donors (Lipinski definition) is 1. The van der Waals surface area contributed by atoms with Crippen LogP contribution in [0.2, 0.25) is 5.15 Å². The standard InChI is InChI=1S/C16H14ClF2N5/c17-16-14(24-6-2-1-3-7-24)9-15(22-23-16)21-20-10-11-4-5-12(18)8-13(11)19/h1-2,4-5,8-10H,3,6-7H2,(H,21,22). The molecule has 0 unspecified atom stereocenters. The van der Waals surface area contributed by atoms with Crippen LogP contribution in [0.4, 0.5) is 20.3 Å². The van der Waals surface area contributed by atoms with Gasteiger partial charge in [0, 0.05) is 30.8 Å². The summed E-state index contributed by atoms with van der Waals surface area (Å²) in [5.41, 5.74) is 3.58. The van der Waals surface area contributed by atoms with Gasteiger partial charge in [0.25, 0.3) is 0 Å². The van der Waals surface area contributed by atoms with E-state index in [2.05, 4.69) is 37.8 Å². The summed E-state index contributed by atoms with van der Waals surface area (Å²) in [6, 6.07) is 4.99. The third kappa shape index (κ3) is 3.86. The highest BCUT2D eigenvalue weighted by molar-refractivity contribution is 6.32. The van der Waals surface area contributed by atoms with E-state index in [-0.39, 0.29) is 5.56 Å². The van der Waals surface area contributed by atoms with Crippen molar-refractivity contribution < 1.29 is 8.78 Å². The van der Waals surface area contributed by atoms with E-state index in [0.717, 1.165) is 37.3 Å². The zero-order valence-electron chi connectivity index (χ0n) is 12.6. The number of nitrogens with one attached hydrogen (secondary N) is 1. The molecule has 0 saturated heterocycles. The Balaban J connectivity index is 1.73. The molecule has 3 rings (SSSR count). The van der Waals surface area contributed by atoms with Crippen molar-refractivity contribution in [1.29, 1.82) is 0 Å². The van der Waals surface area contributed by atoms with Gasteiger partial charge in [-0.3, -0.25) is 5.43 Å². The lowest BCUT2D eigenvalue weighted by Crippen LogP contribution is -2.27. The highest BCUT2D eigenvalue weighted by atomic mass is 35.5. The van der Waals surface area contributed by atoms with Crippen molar-refractivity contribution in [3.05, 3.63) is 58.8 Å². The van der Waals surface area contributed by atoms with E-state index in [9.17, 15) is 8.78 Å². The van der Waals surface area contributed by atoms with Crippen LogP contribution in [0.15, 0.2) is 41.5 Å². The van der Waals surface area contributed by atoms with Gasteiger partial charge in [-0.2, -0.15) is 5.10 Å². The summed E-state index contributed by atoms with van der Waals surface area (Å²) in [6.45, 7) is 1.58. The van der Waals surface area contributed by atoms with Crippen LogP contribution >= 0.6 is 11.6 Å². The van der Waals surface area contributed by atoms with Crippen molar-refractivity contribution in [2.24, 2.45) is 5.10 Å². The van der Waals surface area contributed by atoms with E-state index in [1.165, 1.54) is 12.3 Å². The molecule has 124 valence electrons. The smallest absolute Gasteiger partial charge is 0.175 e. The molecule has 1 aliphatic heterocycles. The van der Waals surface area contributed by atoms with Crippen LogP contribution in [0.25, 0.3) is 0 Å². The molecule has 0 fully saturated rings. The van der Waals surface area contributed by atoms with E-state index in [0.29, 0.717) is 11.0 Å². The summed E-state index contributed by atoms with van der Waals surface area (Å²) in [7, 11) is 0. The van der Waals surface area contributed by atoms with E-state index < -0.39 is 11.6 Å². The normalized spacial score (nSPS) is 14.4. The highest BCUT2D eigenvalue weighted by Crippen LogP contribution is 2.26. The van der Waals surface area contributed by atoms with Crippen molar-refractivity contribution in [2.75, 3.05) is 23.4 Å². The van der Waals surface area contributed by atoms with Gasteiger partial charge in [-0.1, -0.05) is 23.8 Å². The molecule has 0 amide bonds. The zero-order chi connectivity index (χ0) is 16.9. The van der Waals surface area contributed by atoms with Crippen molar-refractivity contribution in [1.82, 2.24) is 10.2 Å². The number of hydrogen-bond acceptors (Lipinski definition) is 5. The van der Waals surface area contributed by atoms with Gasteiger partial charge in [-0.25, -0.2) is 8.78 Å². The summed E-state index contributed by atoms with van der Waals surface area (Å²) in [5, 5.41) is 12.0. The first-order chi connectivity index (χ1) is 11.6. The van der Waals surface area contributed by atoms with Gasteiger partial charge in [0.1, 0.15) is 11.6 Å². The minimum Gasteiger partial charge on any atom is -0.365 e. The lowest BCUT2D eigenvalue weighted by Gasteiger charge is -2.25. The monoisotopic (exact) mass is 349 g/mol. The molecule has 1 aromatic heterocycles. The molecule has 0 saturated carbocycles. The third-order valence-electron chi connectivity index (χ3n) is 3.47. The summed E-state index contributed by atoms with van der Waals surface area (Å²) >= 11 is 6.10. The van der Waals surface area contributed by atoms with Gasteiger partial charge in [-0.15, -0.1) is 10.2 Å². The largest absolute Gasteiger partial charge is 0.365 e. The van der Waals surface area contributed by atoms with Gasteiger partial charge in [-0.05, 0) is 18.6 Å². The average Bonchev–Trinajstić information content (AvgIpc) is 2.59. The van der Waals surface area contributed by atoms with Gasteiger partial charge in [0.15, 0.2) is 11.0 Å². The van der Waals surface area contributed by atoms with Gasteiger partial charge in [0.05, 0.1) is 11.9 Å². The van der Waals surface area contributed by atoms with Crippen molar-refractivity contribution in [3.63, 3.8) is 0 Å². The maximum absolute atomic E-state index is 13.5. The molecule has 0 bridgehead atoms. The molecule has 0 atom stereocenters. The van der Waals surface area contributed by atoms with Gasteiger partial charge < -0.3 is 4.90 Å². The van der Waals surface area contributed by atoms with E-state index in [1.807, 2.05) is 0 Å². The first-order valence-corrected chi connectivity index (χ1v) is 7.68. The lowest BCUT2D eigenvalue weighted by molar-refractivity contribution is 0.582. The predicted octanol–water partition coefficient (Wildman–Crippen LogP) is 3.62.